The van der Waals surface area contributed by atoms with Crippen LogP contribution in [0.1, 0.15) is 40.3 Å². The lowest BCUT2D eigenvalue weighted by atomic mass is 10.1. The van der Waals surface area contributed by atoms with Gasteiger partial charge in [-0.25, -0.2) is 4.68 Å². The standard InChI is InChI=1S/C12H21N3O/c1-8(2)11(16)13-10-7-9(3)14-15(10)12(4,5)6/h7-8H,1-6H3,(H,13,16). The van der Waals surface area contributed by atoms with E-state index >= 15 is 0 Å². The normalized spacial score (nSPS) is 11.9. The highest BCUT2D eigenvalue weighted by Gasteiger charge is 2.20. The van der Waals surface area contributed by atoms with E-state index in [0.717, 1.165) is 11.5 Å². The van der Waals surface area contributed by atoms with Gasteiger partial charge >= 0.3 is 0 Å². The summed E-state index contributed by atoms with van der Waals surface area (Å²) in [6.07, 6.45) is 0. The van der Waals surface area contributed by atoms with Crippen molar-refractivity contribution in [1.82, 2.24) is 9.78 Å². The third-order valence-electron chi connectivity index (χ3n) is 2.24. The van der Waals surface area contributed by atoms with Crippen molar-refractivity contribution in [3.05, 3.63) is 11.8 Å². The molecule has 0 bridgehead atoms. The van der Waals surface area contributed by atoms with Crippen molar-refractivity contribution in [2.24, 2.45) is 5.92 Å². The average Bonchev–Trinajstić information content (AvgIpc) is 2.45. The molecule has 4 heteroatoms. The molecule has 1 aromatic heterocycles. The van der Waals surface area contributed by atoms with Gasteiger partial charge < -0.3 is 5.32 Å². The summed E-state index contributed by atoms with van der Waals surface area (Å²) >= 11 is 0. The summed E-state index contributed by atoms with van der Waals surface area (Å²) in [5.41, 5.74) is 0.780. The monoisotopic (exact) mass is 223 g/mol. The Hall–Kier alpha value is -1.32. The number of hydrogen-bond acceptors (Lipinski definition) is 2. The molecule has 0 spiro atoms. The van der Waals surface area contributed by atoms with Crippen molar-refractivity contribution in [3.63, 3.8) is 0 Å². The van der Waals surface area contributed by atoms with Crippen LogP contribution in [0, 0.1) is 12.8 Å². The first-order valence-electron chi connectivity index (χ1n) is 5.60. The fourth-order valence-electron chi connectivity index (χ4n) is 1.37. The Morgan fingerprint density at radius 2 is 2.00 bits per heavy atom. The van der Waals surface area contributed by atoms with Crippen LogP contribution >= 0.6 is 0 Å². The molecule has 0 radical (unpaired) electrons. The first-order chi connectivity index (χ1) is 7.21. The van der Waals surface area contributed by atoms with E-state index < -0.39 is 0 Å². The molecule has 90 valence electrons. The Morgan fingerprint density at radius 3 is 2.44 bits per heavy atom. The van der Waals surface area contributed by atoms with Gasteiger partial charge in [0.15, 0.2) is 0 Å². The number of hydrogen-bond donors (Lipinski definition) is 1. The molecule has 0 aliphatic heterocycles. The van der Waals surface area contributed by atoms with E-state index in [-0.39, 0.29) is 17.4 Å². The number of amides is 1. The number of carbonyl (C=O) groups is 1. The minimum Gasteiger partial charge on any atom is -0.311 e. The van der Waals surface area contributed by atoms with E-state index in [2.05, 4.69) is 31.2 Å². The predicted molar refractivity (Wildman–Crippen MR) is 65.4 cm³/mol. The van der Waals surface area contributed by atoms with E-state index in [9.17, 15) is 4.79 Å². The van der Waals surface area contributed by atoms with Crippen LogP contribution < -0.4 is 5.32 Å². The van der Waals surface area contributed by atoms with Gasteiger partial charge in [-0.05, 0) is 27.7 Å². The molecule has 1 N–H and O–H groups in total. The predicted octanol–water partition coefficient (Wildman–Crippen LogP) is 2.54. The maximum atomic E-state index is 11.6. The van der Waals surface area contributed by atoms with Crippen LogP contribution in [0.5, 0.6) is 0 Å². The molecule has 4 nitrogen and oxygen atoms in total. The molecule has 0 aliphatic rings. The average molecular weight is 223 g/mol. The molecule has 16 heavy (non-hydrogen) atoms. The lowest BCUT2D eigenvalue weighted by Crippen LogP contribution is -2.28. The SMILES string of the molecule is Cc1cc(NC(=O)C(C)C)n(C(C)(C)C)n1. The fraction of sp³-hybridized carbons (Fsp3) is 0.667. The minimum absolute atomic E-state index is 0.0189. The molecule has 0 aromatic carbocycles. The Labute approximate surface area is 97.0 Å². The summed E-state index contributed by atoms with van der Waals surface area (Å²) in [6, 6.07) is 1.89. The summed E-state index contributed by atoms with van der Waals surface area (Å²) in [6.45, 7) is 11.9. The zero-order valence-corrected chi connectivity index (χ0v) is 11.0. The molecule has 0 unspecified atom stereocenters. The number of anilines is 1. The van der Waals surface area contributed by atoms with Crippen molar-refractivity contribution >= 4 is 11.7 Å². The highest BCUT2D eigenvalue weighted by molar-refractivity contribution is 5.91. The Bertz CT molecular complexity index is 385. The maximum absolute atomic E-state index is 11.6. The largest absolute Gasteiger partial charge is 0.311 e. The zero-order valence-electron chi connectivity index (χ0n) is 11.0. The molecular weight excluding hydrogens is 202 g/mol. The van der Waals surface area contributed by atoms with Gasteiger partial charge in [-0.3, -0.25) is 4.79 Å². The van der Waals surface area contributed by atoms with E-state index in [4.69, 9.17) is 0 Å². The number of nitrogens with zero attached hydrogens (tertiary/aromatic N) is 2. The Morgan fingerprint density at radius 1 is 1.44 bits per heavy atom. The van der Waals surface area contributed by atoms with Crippen LogP contribution in [0.2, 0.25) is 0 Å². The van der Waals surface area contributed by atoms with Crippen molar-refractivity contribution in [2.75, 3.05) is 5.32 Å². The van der Waals surface area contributed by atoms with Crippen LogP contribution in [0.15, 0.2) is 6.07 Å². The number of carbonyl (C=O) groups excluding carboxylic acids is 1. The highest BCUT2D eigenvalue weighted by Crippen LogP contribution is 2.21. The van der Waals surface area contributed by atoms with Gasteiger partial charge in [0.05, 0.1) is 11.2 Å². The van der Waals surface area contributed by atoms with E-state index in [1.807, 2.05) is 31.5 Å². The van der Waals surface area contributed by atoms with Crippen LogP contribution in [0.3, 0.4) is 0 Å². The van der Waals surface area contributed by atoms with Crippen LogP contribution in [0.25, 0.3) is 0 Å². The maximum Gasteiger partial charge on any atom is 0.228 e. The molecule has 0 saturated heterocycles. The summed E-state index contributed by atoms with van der Waals surface area (Å²) in [5.74, 6) is 0.762. The zero-order chi connectivity index (χ0) is 12.5. The fourth-order valence-corrected chi connectivity index (χ4v) is 1.37. The first kappa shape index (κ1) is 12.7. The van der Waals surface area contributed by atoms with Crippen molar-refractivity contribution in [2.45, 2.75) is 47.1 Å². The second-order valence-electron chi connectivity index (χ2n) is 5.40. The molecule has 1 amide bonds. The molecule has 1 heterocycles. The van der Waals surface area contributed by atoms with Gasteiger partial charge in [-0.1, -0.05) is 13.8 Å². The molecule has 0 atom stereocenters. The van der Waals surface area contributed by atoms with Gasteiger partial charge in [-0.2, -0.15) is 5.10 Å². The molecule has 0 fully saturated rings. The summed E-state index contributed by atoms with van der Waals surface area (Å²) in [7, 11) is 0. The van der Waals surface area contributed by atoms with Crippen LogP contribution in [-0.4, -0.2) is 15.7 Å². The van der Waals surface area contributed by atoms with Crippen molar-refractivity contribution < 1.29 is 4.79 Å². The smallest absolute Gasteiger partial charge is 0.228 e. The minimum atomic E-state index is -0.131. The quantitative estimate of drug-likeness (QED) is 0.837. The molecule has 0 aliphatic carbocycles. The van der Waals surface area contributed by atoms with Crippen molar-refractivity contribution in [1.29, 1.82) is 0 Å². The Balaban J connectivity index is 3.01. The molecular formula is C12H21N3O. The molecule has 1 rings (SSSR count). The van der Waals surface area contributed by atoms with Gasteiger partial charge in [-0.15, -0.1) is 0 Å². The third-order valence-corrected chi connectivity index (χ3v) is 2.24. The van der Waals surface area contributed by atoms with E-state index in [1.165, 1.54) is 0 Å². The number of rotatable bonds is 2. The van der Waals surface area contributed by atoms with Gasteiger partial charge in [0, 0.05) is 12.0 Å². The van der Waals surface area contributed by atoms with Crippen LogP contribution in [0.4, 0.5) is 5.82 Å². The molecule has 1 aromatic rings. The summed E-state index contributed by atoms with van der Waals surface area (Å²) in [5, 5.41) is 7.30. The highest BCUT2D eigenvalue weighted by atomic mass is 16.1. The topological polar surface area (TPSA) is 46.9 Å². The van der Waals surface area contributed by atoms with Gasteiger partial charge in [0.25, 0.3) is 0 Å². The van der Waals surface area contributed by atoms with E-state index in [0.29, 0.717) is 0 Å². The lowest BCUT2D eigenvalue weighted by Gasteiger charge is -2.22. The summed E-state index contributed by atoms with van der Waals surface area (Å²) < 4.78 is 1.85. The second-order valence-corrected chi connectivity index (χ2v) is 5.40. The van der Waals surface area contributed by atoms with Crippen molar-refractivity contribution in [3.8, 4) is 0 Å². The first-order valence-corrected chi connectivity index (χ1v) is 5.60. The summed E-state index contributed by atoms with van der Waals surface area (Å²) in [4.78, 5) is 11.6. The van der Waals surface area contributed by atoms with Gasteiger partial charge in [0.1, 0.15) is 5.82 Å². The number of aryl methyl sites for hydroxylation is 1. The lowest BCUT2D eigenvalue weighted by molar-refractivity contribution is -0.118. The third kappa shape index (κ3) is 2.84. The van der Waals surface area contributed by atoms with Crippen LogP contribution in [-0.2, 0) is 10.3 Å². The second kappa shape index (κ2) is 4.28. The molecule has 0 saturated carbocycles. The van der Waals surface area contributed by atoms with Gasteiger partial charge in [0.2, 0.25) is 5.91 Å². The Kier molecular flexibility index (Phi) is 3.41. The number of aromatic nitrogens is 2. The van der Waals surface area contributed by atoms with E-state index in [1.54, 1.807) is 0 Å². The number of nitrogens with one attached hydrogen (secondary N) is 1.